The number of sulfonamides is 1. The topological polar surface area (TPSA) is 95.2 Å². The van der Waals surface area contributed by atoms with Crippen molar-refractivity contribution in [2.75, 3.05) is 19.3 Å². The molecule has 1 fully saturated rings. The molecule has 0 bridgehead atoms. The monoisotopic (exact) mass is 342 g/mol. The lowest BCUT2D eigenvalue weighted by Gasteiger charge is -2.21. The van der Waals surface area contributed by atoms with E-state index in [1.165, 1.54) is 0 Å². The van der Waals surface area contributed by atoms with Gasteiger partial charge in [-0.25, -0.2) is 13.1 Å². The predicted octanol–water partition coefficient (Wildman–Crippen LogP) is 0.601. The van der Waals surface area contributed by atoms with Gasteiger partial charge in [-0.05, 0) is 25.7 Å². The fourth-order valence-corrected chi connectivity index (χ4v) is 4.00. The van der Waals surface area contributed by atoms with Gasteiger partial charge in [-0.15, -0.1) is 0 Å². The quantitative estimate of drug-likeness (QED) is 0.819. The van der Waals surface area contributed by atoms with Crippen LogP contribution in [0.1, 0.15) is 30.8 Å². The molecule has 2 heterocycles. The predicted molar refractivity (Wildman–Crippen MR) is 88.4 cm³/mol. The molecule has 0 unspecified atom stereocenters. The van der Waals surface area contributed by atoms with Crippen molar-refractivity contribution in [2.45, 2.75) is 40.2 Å². The Kier molecular flexibility index (Phi) is 5.15. The van der Waals surface area contributed by atoms with Crippen LogP contribution in [0.15, 0.2) is 0 Å². The Morgan fingerprint density at radius 3 is 2.52 bits per heavy atom. The maximum absolute atomic E-state index is 12.6. The summed E-state index contributed by atoms with van der Waals surface area (Å²) in [6.45, 7) is 8.89. The number of hydrogen-bond acceptors (Lipinski definition) is 4. The van der Waals surface area contributed by atoms with Gasteiger partial charge >= 0.3 is 0 Å². The van der Waals surface area contributed by atoms with E-state index in [4.69, 9.17) is 0 Å². The second-order valence-corrected chi connectivity index (χ2v) is 8.57. The first kappa shape index (κ1) is 17.9. The molecule has 7 nitrogen and oxygen atoms in total. The van der Waals surface area contributed by atoms with Crippen molar-refractivity contribution < 1.29 is 13.2 Å². The van der Waals surface area contributed by atoms with Crippen molar-refractivity contribution in [1.29, 1.82) is 0 Å². The third-order valence-corrected chi connectivity index (χ3v) is 5.28. The average molecular weight is 342 g/mol. The van der Waals surface area contributed by atoms with E-state index in [9.17, 15) is 13.2 Å². The molecule has 23 heavy (non-hydrogen) atoms. The summed E-state index contributed by atoms with van der Waals surface area (Å²) in [5, 5.41) is 7.00. The summed E-state index contributed by atoms with van der Waals surface area (Å²) in [5.74, 6) is 0.436. The number of hydrogen-bond donors (Lipinski definition) is 2. The zero-order chi connectivity index (χ0) is 17.4. The van der Waals surface area contributed by atoms with Crippen molar-refractivity contribution in [2.24, 2.45) is 11.8 Å². The second kappa shape index (κ2) is 6.60. The fourth-order valence-electron chi connectivity index (χ4n) is 3.21. The van der Waals surface area contributed by atoms with Crippen molar-refractivity contribution in [1.82, 2.24) is 19.8 Å². The van der Waals surface area contributed by atoms with Crippen LogP contribution >= 0.6 is 0 Å². The number of rotatable bonds is 5. The maximum Gasteiger partial charge on any atom is 0.227 e. The molecule has 2 atom stereocenters. The van der Waals surface area contributed by atoms with E-state index < -0.39 is 10.0 Å². The number of aryl methyl sites for hydroxylation is 2. The number of nitrogens with one attached hydrogen (secondary N) is 2. The Morgan fingerprint density at radius 1 is 1.39 bits per heavy atom. The third kappa shape index (κ3) is 4.32. The standard InChI is InChI=1S/C15H26N4O3S/c1-9(2)13-7-19(8-14(13)18-23(5,21)22)15(20)6-12-10(3)16-17-11(12)4/h9,13-14,18H,6-8H2,1-5H3,(H,16,17)/t13-,14+/m1/s1. The molecule has 2 N–H and O–H groups in total. The largest absolute Gasteiger partial charge is 0.340 e. The SMILES string of the molecule is Cc1n[nH]c(C)c1CC(=O)N1C[C@H](NS(C)(=O)=O)[C@@H](C(C)C)C1. The third-order valence-electron chi connectivity index (χ3n) is 4.55. The molecule has 1 amide bonds. The number of carbonyl (C=O) groups is 1. The van der Waals surface area contributed by atoms with Gasteiger partial charge in [0.05, 0.1) is 18.4 Å². The summed E-state index contributed by atoms with van der Waals surface area (Å²) in [6.07, 6.45) is 1.46. The molecule has 1 aromatic rings. The van der Waals surface area contributed by atoms with E-state index in [1.807, 2.05) is 13.8 Å². The number of nitrogens with zero attached hydrogens (tertiary/aromatic N) is 2. The van der Waals surface area contributed by atoms with Gasteiger partial charge in [0, 0.05) is 30.4 Å². The molecule has 0 aliphatic carbocycles. The van der Waals surface area contributed by atoms with Crippen molar-refractivity contribution in [3.05, 3.63) is 17.0 Å². The fraction of sp³-hybridized carbons (Fsp3) is 0.733. The summed E-state index contributed by atoms with van der Waals surface area (Å²) in [7, 11) is -3.29. The first-order valence-corrected chi connectivity index (χ1v) is 9.73. The highest BCUT2D eigenvalue weighted by atomic mass is 32.2. The molecule has 1 aliphatic rings. The van der Waals surface area contributed by atoms with Gasteiger partial charge < -0.3 is 4.90 Å². The molecule has 8 heteroatoms. The first-order chi connectivity index (χ1) is 10.6. The first-order valence-electron chi connectivity index (χ1n) is 7.84. The van der Waals surface area contributed by atoms with Gasteiger partial charge in [0.2, 0.25) is 15.9 Å². The van der Waals surface area contributed by atoms with E-state index >= 15 is 0 Å². The van der Waals surface area contributed by atoms with Crippen molar-refractivity contribution >= 4 is 15.9 Å². The molecular formula is C15H26N4O3S. The number of aromatic nitrogens is 2. The molecule has 0 saturated carbocycles. The van der Waals surface area contributed by atoms with Crippen LogP contribution in [0.2, 0.25) is 0 Å². The van der Waals surface area contributed by atoms with Gasteiger partial charge in [-0.2, -0.15) is 5.10 Å². The van der Waals surface area contributed by atoms with Gasteiger partial charge in [0.1, 0.15) is 0 Å². The lowest BCUT2D eigenvalue weighted by atomic mass is 9.92. The zero-order valence-electron chi connectivity index (χ0n) is 14.4. The van der Waals surface area contributed by atoms with Crippen LogP contribution in [0.25, 0.3) is 0 Å². The van der Waals surface area contributed by atoms with Crippen molar-refractivity contribution in [3.63, 3.8) is 0 Å². The van der Waals surface area contributed by atoms with E-state index in [1.54, 1.807) is 4.90 Å². The summed E-state index contributed by atoms with van der Waals surface area (Å²) in [5.41, 5.74) is 2.66. The Bertz CT molecular complexity index is 661. The van der Waals surface area contributed by atoms with Crippen LogP contribution in [0.3, 0.4) is 0 Å². The summed E-state index contributed by atoms with van der Waals surface area (Å²) in [6, 6.07) is -0.222. The molecule has 1 aromatic heterocycles. The number of amides is 1. The van der Waals surface area contributed by atoms with Crippen LogP contribution in [-0.2, 0) is 21.2 Å². The number of H-pyrrole nitrogens is 1. The molecule has 1 saturated heterocycles. The lowest BCUT2D eigenvalue weighted by Crippen LogP contribution is -2.41. The zero-order valence-corrected chi connectivity index (χ0v) is 15.2. The molecule has 0 spiro atoms. The summed E-state index contributed by atoms with van der Waals surface area (Å²) < 4.78 is 25.8. The normalized spacial score (nSPS) is 22.1. The van der Waals surface area contributed by atoms with Crippen molar-refractivity contribution in [3.8, 4) is 0 Å². The van der Waals surface area contributed by atoms with Gasteiger partial charge in [-0.1, -0.05) is 13.8 Å². The van der Waals surface area contributed by atoms with E-state index in [2.05, 4.69) is 28.8 Å². The minimum atomic E-state index is -3.29. The molecule has 0 radical (unpaired) electrons. The number of likely N-dealkylation sites (tertiary alicyclic amines) is 1. The minimum Gasteiger partial charge on any atom is -0.340 e. The Balaban J connectivity index is 2.10. The maximum atomic E-state index is 12.6. The van der Waals surface area contributed by atoms with Crippen LogP contribution in [0.5, 0.6) is 0 Å². The highest BCUT2D eigenvalue weighted by molar-refractivity contribution is 7.88. The Hall–Kier alpha value is -1.41. The van der Waals surface area contributed by atoms with E-state index in [0.717, 1.165) is 23.2 Å². The van der Waals surface area contributed by atoms with Gasteiger partial charge in [-0.3, -0.25) is 9.89 Å². The molecule has 0 aromatic carbocycles. The number of aromatic amines is 1. The van der Waals surface area contributed by atoms with E-state index in [-0.39, 0.29) is 17.9 Å². The Labute approximate surface area is 137 Å². The van der Waals surface area contributed by atoms with E-state index in [0.29, 0.717) is 25.4 Å². The lowest BCUT2D eigenvalue weighted by molar-refractivity contribution is -0.129. The summed E-state index contributed by atoms with van der Waals surface area (Å²) >= 11 is 0. The van der Waals surface area contributed by atoms with Crippen LogP contribution in [0.4, 0.5) is 0 Å². The van der Waals surface area contributed by atoms with Gasteiger partial charge in [0.25, 0.3) is 0 Å². The highest BCUT2D eigenvalue weighted by Gasteiger charge is 2.38. The highest BCUT2D eigenvalue weighted by Crippen LogP contribution is 2.26. The Morgan fingerprint density at radius 2 is 2.04 bits per heavy atom. The summed E-state index contributed by atoms with van der Waals surface area (Å²) in [4.78, 5) is 14.4. The molecule has 130 valence electrons. The van der Waals surface area contributed by atoms with Crippen LogP contribution in [0, 0.1) is 25.7 Å². The average Bonchev–Trinajstić information content (AvgIpc) is 2.95. The second-order valence-electron chi connectivity index (χ2n) is 6.79. The molecule has 1 aliphatic heterocycles. The molecular weight excluding hydrogens is 316 g/mol. The molecule has 2 rings (SSSR count). The smallest absolute Gasteiger partial charge is 0.227 e. The van der Waals surface area contributed by atoms with Crippen LogP contribution < -0.4 is 4.72 Å². The van der Waals surface area contributed by atoms with Gasteiger partial charge in [0.15, 0.2) is 0 Å². The van der Waals surface area contributed by atoms with Crippen LogP contribution in [-0.4, -0.2) is 54.8 Å². The number of carbonyl (C=O) groups excluding carboxylic acids is 1. The minimum absolute atomic E-state index is 0.0149.